The molecule has 164 valence electrons. The molecule has 2 aromatic rings. The van der Waals surface area contributed by atoms with Crippen LogP contribution in [0.2, 0.25) is 0 Å². The highest BCUT2D eigenvalue weighted by Gasteiger charge is 2.22. The lowest BCUT2D eigenvalue weighted by atomic mass is 10.2. The summed E-state index contributed by atoms with van der Waals surface area (Å²) in [6, 6.07) is 5.85. The van der Waals surface area contributed by atoms with Gasteiger partial charge in [0.05, 0.1) is 17.9 Å². The fraction of sp³-hybridized carbons (Fsp3) is 0.450. The Kier molecular flexibility index (Phi) is 6.89. The normalized spacial score (nSPS) is 20.2. The van der Waals surface area contributed by atoms with E-state index in [1.165, 1.54) is 12.3 Å². The molecule has 0 unspecified atom stereocenters. The number of anilines is 2. The van der Waals surface area contributed by atoms with E-state index in [2.05, 4.69) is 28.5 Å². The van der Waals surface area contributed by atoms with Crippen LogP contribution in [0.1, 0.15) is 13.8 Å². The number of hydrogen-bond acceptors (Lipinski definition) is 6. The predicted molar refractivity (Wildman–Crippen MR) is 111 cm³/mol. The average molecular weight is 441 g/mol. The lowest BCUT2D eigenvalue weighted by Gasteiger charge is -2.36. The Hall–Kier alpha value is -2.30. The maximum absolute atomic E-state index is 13.3. The van der Waals surface area contributed by atoms with E-state index >= 15 is 0 Å². The van der Waals surface area contributed by atoms with Crippen LogP contribution in [0.3, 0.4) is 0 Å². The number of rotatable bonds is 7. The van der Waals surface area contributed by atoms with Gasteiger partial charge in [0.2, 0.25) is 0 Å². The van der Waals surface area contributed by atoms with Gasteiger partial charge >= 0.3 is 0 Å². The summed E-state index contributed by atoms with van der Waals surface area (Å²) in [6.45, 7) is 7.43. The maximum atomic E-state index is 13.3. The number of sulfonamides is 1. The maximum Gasteiger partial charge on any atom is 0.263 e. The van der Waals surface area contributed by atoms with Crippen molar-refractivity contribution >= 4 is 21.5 Å². The van der Waals surface area contributed by atoms with Crippen molar-refractivity contribution < 1.29 is 21.9 Å². The van der Waals surface area contributed by atoms with Crippen LogP contribution in [0.4, 0.5) is 20.3 Å². The Morgan fingerprint density at radius 2 is 1.87 bits per heavy atom. The summed E-state index contributed by atoms with van der Waals surface area (Å²) in [7, 11) is -2.08. The SMILES string of the molecule is C[C@@H]1CN(CCN(C)c2ccc(S(=O)(=O)Nc3ccc(F)c(F)c3)cn2)C[C@H](C)O1. The minimum absolute atomic E-state index is 0.0657. The van der Waals surface area contributed by atoms with Crippen LogP contribution in [0.25, 0.3) is 0 Å². The number of morpholine rings is 1. The third-order valence-corrected chi connectivity index (χ3v) is 6.21. The predicted octanol–water partition coefficient (Wildman–Crippen LogP) is 2.71. The first kappa shape index (κ1) is 22.4. The van der Waals surface area contributed by atoms with Crippen molar-refractivity contribution in [2.24, 2.45) is 0 Å². The highest BCUT2D eigenvalue weighted by Crippen LogP contribution is 2.20. The molecular weight excluding hydrogens is 414 g/mol. The quantitative estimate of drug-likeness (QED) is 0.714. The van der Waals surface area contributed by atoms with Crippen LogP contribution in [0.5, 0.6) is 0 Å². The molecule has 1 fully saturated rings. The summed E-state index contributed by atoms with van der Waals surface area (Å²) < 4.78 is 59.2. The van der Waals surface area contributed by atoms with Crippen molar-refractivity contribution in [3.63, 3.8) is 0 Å². The zero-order chi connectivity index (χ0) is 21.9. The molecule has 1 aromatic heterocycles. The van der Waals surface area contributed by atoms with E-state index in [1.807, 2.05) is 11.9 Å². The average Bonchev–Trinajstić information content (AvgIpc) is 2.68. The zero-order valence-corrected chi connectivity index (χ0v) is 18.0. The molecule has 1 N–H and O–H groups in total. The van der Waals surface area contributed by atoms with Crippen molar-refractivity contribution in [1.82, 2.24) is 9.88 Å². The van der Waals surface area contributed by atoms with E-state index in [-0.39, 0.29) is 22.8 Å². The van der Waals surface area contributed by atoms with Gasteiger partial charge in [-0.25, -0.2) is 22.2 Å². The summed E-state index contributed by atoms with van der Waals surface area (Å²) in [5.74, 6) is -1.54. The minimum atomic E-state index is -3.97. The fourth-order valence-corrected chi connectivity index (χ4v) is 4.40. The highest BCUT2D eigenvalue weighted by molar-refractivity contribution is 7.92. The van der Waals surface area contributed by atoms with Gasteiger partial charge in [0.1, 0.15) is 10.7 Å². The summed E-state index contributed by atoms with van der Waals surface area (Å²) in [5, 5.41) is 0. The summed E-state index contributed by atoms with van der Waals surface area (Å²) in [5.41, 5.74) is -0.0657. The summed E-state index contributed by atoms with van der Waals surface area (Å²) >= 11 is 0. The Morgan fingerprint density at radius 3 is 2.47 bits per heavy atom. The Balaban J connectivity index is 1.61. The van der Waals surface area contributed by atoms with Gasteiger partial charge in [-0.3, -0.25) is 9.62 Å². The molecule has 3 rings (SSSR count). The van der Waals surface area contributed by atoms with Gasteiger partial charge in [0.15, 0.2) is 11.6 Å². The van der Waals surface area contributed by atoms with Gasteiger partial charge in [-0.1, -0.05) is 0 Å². The van der Waals surface area contributed by atoms with E-state index in [0.29, 0.717) is 5.82 Å². The van der Waals surface area contributed by atoms with Crippen molar-refractivity contribution in [3.8, 4) is 0 Å². The number of halogens is 2. The number of ether oxygens (including phenoxy) is 1. The molecule has 1 saturated heterocycles. The zero-order valence-electron chi connectivity index (χ0n) is 17.2. The summed E-state index contributed by atoms with van der Waals surface area (Å²) in [6.07, 6.45) is 1.64. The molecule has 2 heterocycles. The fourth-order valence-electron chi connectivity index (χ4n) is 3.40. The van der Waals surface area contributed by atoms with Crippen LogP contribution in [0.15, 0.2) is 41.4 Å². The van der Waals surface area contributed by atoms with Crippen molar-refractivity contribution in [3.05, 3.63) is 48.2 Å². The van der Waals surface area contributed by atoms with Gasteiger partial charge in [0.25, 0.3) is 10.0 Å². The topological polar surface area (TPSA) is 74.8 Å². The molecule has 1 aliphatic heterocycles. The molecule has 7 nitrogen and oxygen atoms in total. The highest BCUT2D eigenvalue weighted by atomic mass is 32.2. The molecule has 0 spiro atoms. The first-order valence-electron chi connectivity index (χ1n) is 9.67. The van der Waals surface area contributed by atoms with Crippen LogP contribution in [-0.4, -0.2) is 63.7 Å². The molecule has 0 amide bonds. The van der Waals surface area contributed by atoms with Gasteiger partial charge in [0, 0.05) is 45.5 Å². The minimum Gasteiger partial charge on any atom is -0.373 e. The van der Waals surface area contributed by atoms with Crippen molar-refractivity contribution in [1.29, 1.82) is 0 Å². The van der Waals surface area contributed by atoms with Crippen LogP contribution in [0, 0.1) is 11.6 Å². The molecule has 0 saturated carbocycles. The molecule has 0 radical (unpaired) electrons. The van der Waals surface area contributed by atoms with E-state index in [9.17, 15) is 17.2 Å². The Bertz CT molecular complexity index is 963. The molecule has 2 atom stereocenters. The van der Waals surface area contributed by atoms with Crippen LogP contribution in [-0.2, 0) is 14.8 Å². The third-order valence-electron chi connectivity index (χ3n) is 4.84. The lowest BCUT2D eigenvalue weighted by molar-refractivity contribution is -0.0670. The van der Waals surface area contributed by atoms with E-state index < -0.39 is 21.7 Å². The smallest absolute Gasteiger partial charge is 0.263 e. The van der Waals surface area contributed by atoms with Crippen LogP contribution >= 0.6 is 0 Å². The molecule has 0 aliphatic carbocycles. The number of hydrogen-bond donors (Lipinski definition) is 1. The van der Waals surface area contributed by atoms with Gasteiger partial charge in [-0.05, 0) is 38.1 Å². The molecule has 10 heteroatoms. The number of aromatic nitrogens is 1. The Morgan fingerprint density at radius 1 is 1.17 bits per heavy atom. The molecular formula is C20H26F2N4O3S. The standard InChI is InChI=1S/C20H26F2N4O3S/c1-14-12-26(13-15(2)29-14)9-8-25(3)20-7-5-17(11-23-20)30(27,28)24-16-4-6-18(21)19(22)10-16/h4-7,10-11,14-15,24H,8-9,12-13H2,1-3H3/t14-,15+. The first-order valence-corrected chi connectivity index (χ1v) is 11.2. The van der Waals surface area contributed by atoms with Crippen molar-refractivity contribution in [2.75, 3.05) is 42.8 Å². The van der Waals surface area contributed by atoms with E-state index in [1.54, 1.807) is 6.07 Å². The molecule has 1 aliphatic rings. The first-order chi connectivity index (χ1) is 14.1. The lowest BCUT2D eigenvalue weighted by Crippen LogP contribution is -2.47. The number of pyridine rings is 1. The number of nitrogens with one attached hydrogen (secondary N) is 1. The van der Waals surface area contributed by atoms with Crippen LogP contribution < -0.4 is 9.62 Å². The van der Waals surface area contributed by atoms with Gasteiger partial charge < -0.3 is 9.64 Å². The van der Waals surface area contributed by atoms with E-state index in [4.69, 9.17) is 4.74 Å². The largest absolute Gasteiger partial charge is 0.373 e. The third kappa shape index (κ3) is 5.65. The molecule has 0 bridgehead atoms. The van der Waals surface area contributed by atoms with Gasteiger partial charge in [-0.2, -0.15) is 0 Å². The van der Waals surface area contributed by atoms with Crippen molar-refractivity contribution in [2.45, 2.75) is 31.0 Å². The number of nitrogens with zero attached hydrogens (tertiary/aromatic N) is 3. The Labute approximate surface area is 175 Å². The summed E-state index contributed by atoms with van der Waals surface area (Å²) in [4.78, 5) is 8.45. The molecule has 30 heavy (non-hydrogen) atoms. The second-order valence-corrected chi connectivity index (χ2v) is 9.21. The van der Waals surface area contributed by atoms with E-state index in [0.717, 1.165) is 44.4 Å². The number of benzene rings is 1. The second kappa shape index (κ2) is 9.23. The number of likely N-dealkylation sites (N-methyl/N-ethyl adjacent to an activating group) is 1. The monoisotopic (exact) mass is 440 g/mol. The molecule has 1 aromatic carbocycles. The second-order valence-electron chi connectivity index (χ2n) is 7.52. The van der Waals surface area contributed by atoms with Gasteiger partial charge in [-0.15, -0.1) is 0 Å².